The lowest BCUT2D eigenvalue weighted by atomic mass is 10.2. The second-order valence-corrected chi connectivity index (χ2v) is 7.29. The van der Waals surface area contributed by atoms with E-state index < -0.39 is 17.7 Å². The molecule has 0 aromatic heterocycles. The zero-order valence-corrected chi connectivity index (χ0v) is 14.9. The Bertz CT molecular complexity index is 614. The van der Waals surface area contributed by atoms with E-state index in [2.05, 4.69) is 5.32 Å². The monoisotopic (exact) mass is 358 g/mol. The zero-order chi connectivity index (χ0) is 17.2. The van der Waals surface area contributed by atoms with Crippen molar-refractivity contribution in [1.29, 1.82) is 0 Å². The van der Waals surface area contributed by atoms with Crippen molar-refractivity contribution >= 4 is 40.9 Å². The quantitative estimate of drug-likeness (QED) is 0.855. The van der Waals surface area contributed by atoms with Gasteiger partial charge in [0, 0.05) is 11.6 Å². The molecule has 1 aromatic rings. The number of nitrogens with zero attached hydrogens (tertiary/aromatic N) is 1. The molecule has 1 saturated heterocycles. The Balaban J connectivity index is 2.08. The average Bonchev–Trinajstić information content (AvgIpc) is 2.90. The summed E-state index contributed by atoms with van der Waals surface area (Å²) in [5, 5.41) is 3.60. The van der Waals surface area contributed by atoms with E-state index >= 15 is 0 Å². The van der Waals surface area contributed by atoms with Gasteiger partial charge < -0.3 is 10.1 Å². The van der Waals surface area contributed by atoms with Crippen LogP contribution in [-0.4, -0.2) is 35.1 Å². The van der Waals surface area contributed by atoms with E-state index in [1.807, 2.05) is 0 Å². The highest BCUT2D eigenvalue weighted by Crippen LogP contribution is 2.27. The summed E-state index contributed by atoms with van der Waals surface area (Å²) < 4.78 is 5.35. The van der Waals surface area contributed by atoms with E-state index in [1.54, 1.807) is 39.0 Å². The van der Waals surface area contributed by atoms with Crippen LogP contribution >= 0.6 is 23.2 Å². The molecule has 0 radical (unpaired) electrons. The van der Waals surface area contributed by atoms with Crippen LogP contribution in [0.15, 0.2) is 18.2 Å². The number of likely N-dealkylation sites (tertiary alicyclic amines) is 1. The normalized spacial score (nSPS) is 18.0. The fourth-order valence-corrected chi connectivity index (χ4v) is 2.72. The number of anilines is 1. The zero-order valence-electron chi connectivity index (χ0n) is 13.4. The molecule has 1 atom stereocenters. The van der Waals surface area contributed by atoms with Crippen molar-refractivity contribution in [3.63, 3.8) is 0 Å². The molecule has 1 N–H and O–H groups in total. The predicted molar refractivity (Wildman–Crippen MR) is 91.1 cm³/mol. The first-order valence-electron chi connectivity index (χ1n) is 7.43. The minimum absolute atomic E-state index is 0.294. The first kappa shape index (κ1) is 17.9. The number of halogens is 2. The summed E-state index contributed by atoms with van der Waals surface area (Å²) in [5.41, 5.74) is -0.169. The minimum atomic E-state index is -0.600. The van der Waals surface area contributed by atoms with Crippen LogP contribution in [0.1, 0.15) is 33.6 Å². The number of rotatable bonds is 2. The Kier molecular flexibility index (Phi) is 5.42. The number of benzene rings is 1. The summed E-state index contributed by atoms with van der Waals surface area (Å²) in [6, 6.07) is 4.26. The van der Waals surface area contributed by atoms with Gasteiger partial charge in [-0.25, -0.2) is 4.79 Å². The molecule has 0 bridgehead atoms. The van der Waals surface area contributed by atoms with Gasteiger partial charge in [-0.15, -0.1) is 0 Å². The van der Waals surface area contributed by atoms with Gasteiger partial charge in [-0.2, -0.15) is 0 Å². The summed E-state index contributed by atoms with van der Waals surface area (Å²) in [6.07, 6.45) is 0.858. The molecule has 7 heteroatoms. The molecule has 0 aliphatic carbocycles. The van der Waals surface area contributed by atoms with Gasteiger partial charge in [-0.3, -0.25) is 9.69 Å². The molecule has 1 aliphatic rings. The third-order valence-corrected chi connectivity index (χ3v) is 3.93. The molecule has 1 aromatic carbocycles. The number of carbonyl (C=O) groups excluding carboxylic acids is 2. The fourth-order valence-electron chi connectivity index (χ4n) is 2.39. The largest absolute Gasteiger partial charge is 0.444 e. The van der Waals surface area contributed by atoms with Crippen molar-refractivity contribution in [3.8, 4) is 0 Å². The average molecular weight is 359 g/mol. The van der Waals surface area contributed by atoms with E-state index in [-0.39, 0.29) is 5.91 Å². The van der Waals surface area contributed by atoms with Gasteiger partial charge >= 0.3 is 6.09 Å². The molecule has 2 rings (SSSR count). The summed E-state index contributed by atoms with van der Waals surface area (Å²) in [5.74, 6) is -0.294. The highest BCUT2D eigenvalue weighted by atomic mass is 35.5. The Labute approximate surface area is 145 Å². The lowest BCUT2D eigenvalue weighted by Crippen LogP contribution is -2.45. The SMILES string of the molecule is CC(C)(C)OC(=O)N1CCCC1C(=O)Nc1cc(Cl)ccc1Cl. The molecular weight excluding hydrogens is 339 g/mol. The summed E-state index contributed by atoms with van der Waals surface area (Å²) in [6.45, 7) is 5.88. The first-order valence-corrected chi connectivity index (χ1v) is 8.18. The molecule has 23 heavy (non-hydrogen) atoms. The predicted octanol–water partition coefficient (Wildman–Crippen LogP) is 4.33. The maximum absolute atomic E-state index is 12.5. The third-order valence-electron chi connectivity index (χ3n) is 3.37. The van der Waals surface area contributed by atoms with Gasteiger partial charge in [-0.05, 0) is 51.8 Å². The summed E-state index contributed by atoms with van der Waals surface area (Å²) >= 11 is 12.0. The van der Waals surface area contributed by atoms with E-state index in [9.17, 15) is 9.59 Å². The number of carbonyl (C=O) groups is 2. The van der Waals surface area contributed by atoms with Gasteiger partial charge in [-0.1, -0.05) is 23.2 Å². The lowest BCUT2D eigenvalue weighted by Gasteiger charge is -2.28. The number of hydrogen-bond acceptors (Lipinski definition) is 3. The summed E-state index contributed by atoms with van der Waals surface area (Å²) in [7, 11) is 0. The first-order chi connectivity index (χ1) is 10.7. The van der Waals surface area contributed by atoms with Crippen molar-refractivity contribution in [2.45, 2.75) is 45.3 Å². The maximum atomic E-state index is 12.5. The van der Waals surface area contributed by atoms with Crippen molar-refractivity contribution in [1.82, 2.24) is 4.90 Å². The summed E-state index contributed by atoms with van der Waals surface area (Å²) in [4.78, 5) is 26.2. The number of nitrogens with one attached hydrogen (secondary N) is 1. The smallest absolute Gasteiger partial charge is 0.410 e. The lowest BCUT2D eigenvalue weighted by molar-refractivity contribution is -0.120. The van der Waals surface area contributed by atoms with Crippen LogP contribution in [0.2, 0.25) is 10.0 Å². The minimum Gasteiger partial charge on any atom is -0.444 e. The third kappa shape index (κ3) is 4.75. The van der Waals surface area contributed by atoms with Crippen LogP contribution in [0.4, 0.5) is 10.5 Å². The molecule has 1 heterocycles. The second-order valence-electron chi connectivity index (χ2n) is 6.45. The van der Waals surface area contributed by atoms with Crippen LogP contribution in [0.3, 0.4) is 0 Å². The van der Waals surface area contributed by atoms with E-state index in [0.29, 0.717) is 28.7 Å². The fraction of sp³-hybridized carbons (Fsp3) is 0.500. The molecule has 0 saturated carbocycles. The van der Waals surface area contributed by atoms with Gasteiger partial charge in [0.2, 0.25) is 5.91 Å². The highest BCUT2D eigenvalue weighted by Gasteiger charge is 2.36. The Hall–Kier alpha value is -1.46. The number of amides is 2. The standard InChI is InChI=1S/C16H20Cl2N2O3/c1-16(2,3)23-15(22)20-8-4-5-13(20)14(21)19-12-9-10(17)6-7-11(12)18/h6-7,9,13H,4-5,8H2,1-3H3,(H,19,21). The van der Waals surface area contributed by atoms with Crippen LogP contribution in [-0.2, 0) is 9.53 Å². The van der Waals surface area contributed by atoms with E-state index in [4.69, 9.17) is 27.9 Å². The van der Waals surface area contributed by atoms with Gasteiger partial charge in [0.1, 0.15) is 11.6 Å². The molecule has 1 aliphatic heterocycles. The Morgan fingerprint density at radius 2 is 2.00 bits per heavy atom. The molecule has 1 unspecified atom stereocenters. The highest BCUT2D eigenvalue weighted by molar-refractivity contribution is 6.35. The van der Waals surface area contributed by atoms with E-state index in [1.165, 1.54) is 4.90 Å². The van der Waals surface area contributed by atoms with Crippen molar-refractivity contribution in [2.75, 3.05) is 11.9 Å². The Morgan fingerprint density at radius 3 is 2.65 bits per heavy atom. The molecule has 126 valence electrons. The molecule has 2 amide bonds. The van der Waals surface area contributed by atoms with Crippen LogP contribution < -0.4 is 5.32 Å². The number of hydrogen-bond donors (Lipinski definition) is 1. The molecular formula is C16H20Cl2N2O3. The second kappa shape index (κ2) is 6.97. The van der Waals surface area contributed by atoms with Crippen LogP contribution in [0, 0.1) is 0 Å². The topological polar surface area (TPSA) is 58.6 Å². The van der Waals surface area contributed by atoms with Crippen LogP contribution in [0.5, 0.6) is 0 Å². The van der Waals surface area contributed by atoms with Crippen LogP contribution in [0.25, 0.3) is 0 Å². The van der Waals surface area contributed by atoms with Crippen molar-refractivity contribution in [2.24, 2.45) is 0 Å². The molecule has 5 nitrogen and oxygen atoms in total. The molecule has 1 fully saturated rings. The Morgan fingerprint density at radius 1 is 1.30 bits per heavy atom. The van der Waals surface area contributed by atoms with Gasteiger partial charge in [0.25, 0.3) is 0 Å². The van der Waals surface area contributed by atoms with E-state index in [0.717, 1.165) is 6.42 Å². The van der Waals surface area contributed by atoms with Crippen molar-refractivity contribution < 1.29 is 14.3 Å². The van der Waals surface area contributed by atoms with Crippen molar-refractivity contribution in [3.05, 3.63) is 28.2 Å². The van der Waals surface area contributed by atoms with Gasteiger partial charge in [0.05, 0.1) is 10.7 Å². The number of ether oxygens (including phenoxy) is 1. The maximum Gasteiger partial charge on any atom is 0.410 e. The molecule has 0 spiro atoms. The van der Waals surface area contributed by atoms with Gasteiger partial charge in [0.15, 0.2) is 0 Å².